The summed E-state index contributed by atoms with van der Waals surface area (Å²) in [4.78, 5) is 36.3. The molecule has 2 atom stereocenters. The molecule has 0 spiro atoms. The van der Waals surface area contributed by atoms with Gasteiger partial charge in [-0.1, -0.05) is 30.3 Å². The van der Waals surface area contributed by atoms with Gasteiger partial charge >= 0.3 is 0 Å². The number of ether oxygens (including phenoxy) is 1. The molecule has 1 saturated heterocycles. The Balaban J connectivity index is 1.53. The van der Waals surface area contributed by atoms with E-state index in [4.69, 9.17) is 10.5 Å². The fourth-order valence-corrected chi connectivity index (χ4v) is 4.78. The molecule has 0 radical (unpaired) electrons. The molecule has 8 heteroatoms. The van der Waals surface area contributed by atoms with Gasteiger partial charge in [0.15, 0.2) is 0 Å². The zero-order chi connectivity index (χ0) is 21.5. The third kappa shape index (κ3) is 3.24. The van der Waals surface area contributed by atoms with Crippen molar-refractivity contribution in [2.24, 2.45) is 5.73 Å². The van der Waals surface area contributed by atoms with Crippen LogP contribution in [0.4, 0.5) is 0 Å². The minimum Gasteiger partial charge on any atom is -0.481 e. The van der Waals surface area contributed by atoms with Crippen LogP contribution in [0.5, 0.6) is 5.88 Å². The summed E-state index contributed by atoms with van der Waals surface area (Å²) in [6.07, 6.45) is 3.88. The Bertz CT molecular complexity index is 1140. The molecule has 1 aromatic carbocycles. The van der Waals surface area contributed by atoms with E-state index in [1.54, 1.807) is 25.4 Å². The highest BCUT2D eigenvalue weighted by molar-refractivity contribution is 5.95. The number of methoxy groups -OCH3 is 1. The third-order valence-electron chi connectivity index (χ3n) is 6.21. The first-order valence-corrected chi connectivity index (χ1v) is 10.3. The molecule has 158 valence electrons. The molecule has 2 bridgehead atoms. The van der Waals surface area contributed by atoms with Crippen molar-refractivity contribution in [1.82, 2.24) is 19.4 Å². The van der Waals surface area contributed by atoms with Gasteiger partial charge in [0.05, 0.1) is 24.4 Å². The van der Waals surface area contributed by atoms with E-state index in [-0.39, 0.29) is 18.0 Å². The lowest BCUT2D eigenvalue weighted by molar-refractivity contribution is 0.0665. The van der Waals surface area contributed by atoms with Crippen LogP contribution in [0.1, 0.15) is 39.4 Å². The van der Waals surface area contributed by atoms with Crippen LogP contribution in [0.3, 0.4) is 0 Å². The maximum Gasteiger partial charge on any atom is 0.269 e. The number of rotatable bonds is 4. The molecule has 4 heterocycles. The smallest absolute Gasteiger partial charge is 0.269 e. The summed E-state index contributed by atoms with van der Waals surface area (Å²) < 4.78 is 7.18. The van der Waals surface area contributed by atoms with Gasteiger partial charge in [0.2, 0.25) is 5.88 Å². The largest absolute Gasteiger partial charge is 0.481 e. The predicted octanol–water partition coefficient (Wildman–Crippen LogP) is 2.28. The van der Waals surface area contributed by atoms with Gasteiger partial charge < -0.3 is 19.9 Å². The highest BCUT2D eigenvalue weighted by Crippen LogP contribution is 2.36. The molecule has 2 N–H and O–H groups in total. The molecule has 2 aromatic heterocycles. The van der Waals surface area contributed by atoms with Crippen LogP contribution in [-0.4, -0.2) is 50.4 Å². The standard InChI is InChI=1S/C23H23N5O3/c1-31-19-10-7-15(12-25-19)23(30)28-16-8-9-17(28)13-27-18(11-16)20(21(24)29)26-22(27)14-5-3-2-4-6-14/h2-7,10,12,16-17H,8-9,11,13H2,1H3,(H2,24,29)/t16-,17+/m0/s1. The fourth-order valence-electron chi connectivity index (χ4n) is 4.78. The monoisotopic (exact) mass is 417 g/mol. The first-order chi connectivity index (χ1) is 15.1. The first-order valence-electron chi connectivity index (χ1n) is 10.3. The van der Waals surface area contributed by atoms with Crippen LogP contribution in [0.25, 0.3) is 11.4 Å². The SMILES string of the molecule is COc1ccc(C(=O)N2[C@@H]3CC[C@H]2Cc2c(C(N)=O)nc(-c4ccccc4)n2C3)cn1. The number of imidazole rings is 1. The number of aromatic nitrogens is 3. The molecule has 8 nitrogen and oxygen atoms in total. The molecule has 31 heavy (non-hydrogen) atoms. The molecule has 3 aromatic rings. The van der Waals surface area contributed by atoms with E-state index in [1.165, 1.54) is 0 Å². The minimum atomic E-state index is -0.541. The number of carbonyl (C=O) groups is 2. The minimum absolute atomic E-state index is 0.0123. The van der Waals surface area contributed by atoms with Crippen LogP contribution in [-0.2, 0) is 13.0 Å². The highest BCUT2D eigenvalue weighted by Gasteiger charge is 2.42. The Morgan fingerprint density at radius 2 is 1.87 bits per heavy atom. The number of nitrogens with zero attached hydrogens (tertiary/aromatic N) is 4. The van der Waals surface area contributed by atoms with Gasteiger partial charge in [0.25, 0.3) is 11.8 Å². The van der Waals surface area contributed by atoms with E-state index in [0.717, 1.165) is 29.9 Å². The van der Waals surface area contributed by atoms with E-state index in [2.05, 4.69) is 14.5 Å². The van der Waals surface area contributed by atoms with Crippen molar-refractivity contribution < 1.29 is 14.3 Å². The Morgan fingerprint density at radius 3 is 2.55 bits per heavy atom. The summed E-state index contributed by atoms with van der Waals surface area (Å²) in [6, 6.07) is 13.2. The number of hydrogen-bond acceptors (Lipinski definition) is 5. The summed E-state index contributed by atoms with van der Waals surface area (Å²) in [5, 5.41) is 0. The van der Waals surface area contributed by atoms with Gasteiger partial charge in [0.1, 0.15) is 11.5 Å². The lowest BCUT2D eigenvalue weighted by Gasteiger charge is -2.28. The van der Waals surface area contributed by atoms with E-state index < -0.39 is 5.91 Å². The molecule has 2 aliphatic rings. The molecule has 2 aliphatic heterocycles. The Labute approximate surface area is 179 Å². The summed E-state index contributed by atoms with van der Waals surface area (Å²) in [6.45, 7) is 0.575. The molecule has 1 fully saturated rings. The maximum absolute atomic E-state index is 13.4. The molecule has 0 aliphatic carbocycles. The van der Waals surface area contributed by atoms with Crippen molar-refractivity contribution in [1.29, 1.82) is 0 Å². The number of hydrogen-bond donors (Lipinski definition) is 1. The Hall–Kier alpha value is -3.68. The number of pyridine rings is 1. The van der Waals surface area contributed by atoms with Crippen LogP contribution in [0, 0.1) is 0 Å². The average Bonchev–Trinajstić information content (AvgIpc) is 3.30. The van der Waals surface area contributed by atoms with E-state index in [0.29, 0.717) is 30.1 Å². The highest BCUT2D eigenvalue weighted by atomic mass is 16.5. The lowest BCUT2D eigenvalue weighted by atomic mass is 10.1. The quantitative estimate of drug-likeness (QED) is 0.701. The zero-order valence-electron chi connectivity index (χ0n) is 17.2. The van der Waals surface area contributed by atoms with Crippen molar-refractivity contribution >= 4 is 11.8 Å². The number of carbonyl (C=O) groups excluding carboxylic acids is 2. The summed E-state index contributed by atoms with van der Waals surface area (Å²) >= 11 is 0. The zero-order valence-corrected chi connectivity index (χ0v) is 17.2. The van der Waals surface area contributed by atoms with Crippen molar-refractivity contribution in [2.45, 2.75) is 37.9 Å². The Kier molecular flexibility index (Phi) is 4.69. The summed E-state index contributed by atoms with van der Waals surface area (Å²) in [7, 11) is 1.54. The Morgan fingerprint density at radius 1 is 1.10 bits per heavy atom. The van der Waals surface area contributed by atoms with Crippen molar-refractivity contribution in [3.63, 3.8) is 0 Å². The number of benzene rings is 1. The second-order valence-corrected chi connectivity index (χ2v) is 7.96. The van der Waals surface area contributed by atoms with Crippen LogP contribution in [0.2, 0.25) is 0 Å². The lowest BCUT2D eigenvalue weighted by Crippen LogP contribution is -2.42. The van der Waals surface area contributed by atoms with Gasteiger partial charge in [-0.25, -0.2) is 9.97 Å². The van der Waals surface area contributed by atoms with E-state index in [1.807, 2.05) is 35.2 Å². The van der Waals surface area contributed by atoms with Gasteiger partial charge in [-0.05, 0) is 18.9 Å². The second-order valence-electron chi connectivity index (χ2n) is 7.96. The van der Waals surface area contributed by atoms with Crippen molar-refractivity contribution in [3.8, 4) is 17.3 Å². The van der Waals surface area contributed by atoms with Gasteiger partial charge in [-0.15, -0.1) is 0 Å². The number of primary amides is 1. The summed E-state index contributed by atoms with van der Waals surface area (Å²) in [5.41, 5.74) is 8.23. The van der Waals surface area contributed by atoms with E-state index in [9.17, 15) is 9.59 Å². The van der Waals surface area contributed by atoms with Gasteiger partial charge in [-0.3, -0.25) is 9.59 Å². The topological polar surface area (TPSA) is 103 Å². The van der Waals surface area contributed by atoms with Gasteiger partial charge in [-0.2, -0.15) is 0 Å². The first kappa shape index (κ1) is 19.3. The number of nitrogens with two attached hydrogens (primary N) is 1. The van der Waals surface area contributed by atoms with Gasteiger partial charge in [0, 0.05) is 36.8 Å². The molecule has 0 unspecified atom stereocenters. The van der Waals surface area contributed by atoms with Crippen LogP contribution >= 0.6 is 0 Å². The molecule has 0 saturated carbocycles. The number of fused-ring (bicyclic) bond motifs is 3. The molecule has 5 rings (SSSR count). The third-order valence-corrected chi connectivity index (χ3v) is 6.21. The number of amides is 2. The molecular formula is C23H23N5O3. The molecular weight excluding hydrogens is 394 g/mol. The van der Waals surface area contributed by atoms with Crippen molar-refractivity contribution in [2.75, 3.05) is 7.11 Å². The summed E-state index contributed by atoms with van der Waals surface area (Å²) in [5.74, 6) is 0.593. The normalized spacial score (nSPS) is 19.6. The fraction of sp³-hybridized carbons (Fsp3) is 0.304. The van der Waals surface area contributed by atoms with Crippen molar-refractivity contribution in [3.05, 3.63) is 65.6 Å². The van der Waals surface area contributed by atoms with Crippen LogP contribution < -0.4 is 10.5 Å². The molecule has 2 amide bonds. The predicted molar refractivity (Wildman–Crippen MR) is 114 cm³/mol. The van der Waals surface area contributed by atoms with Crippen LogP contribution in [0.15, 0.2) is 48.7 Å². The maximum atomic E-state index is 13.4. The average molecular weight is 417 g/mol. The van der Waals surface area contributed by atoms with E-state index >= 15 is 0 Å². The second kappa shape index (κ2) is 7.54.